The minimum absolute atomic E-state index is 0.166. The maximum atomic E-state index is 12.6. The van der Waals surface area contributed by atoms with Crippen molar-refractivity contribution in [2.45, 2.75) is 44.6 Å². The highest BCUT2D eigenvalue weighted by molar-refractivity contribution is 6.08. The smallest absolute Gasteiger partial charge is 0.344 e. The highest BCUT2D eigenvalue weighted by Gasteiger charge is 2.52. The van der Waals surface area contributed by atoms with Crippen LogP contribution in [0.4, 0.5) is 4.79 Å². The fourth-order valence-electron chi connectivity index (χ4n) is 3.66. The van der Waals surface area contributed by atoms with E-state index in [0.29, 0.717) is 36.0 Å². The van der Waals surface area contributed by atoms with E-state index in [1.807, 2.05) is 6.92 Å². The number of hydrogen-bond donors (Lipinski definition) is 2. The van der Waals surface area contributed by atoms with Crippen LogP contribution in [-0.2, 0) is 14.3 Å². The van der Waals surface area contributed by atoms with Gasteiger partial charge in [-0.05, 0) is 38.0 Å². The molecule has 1 aliphatic heterocycles. The largest absolute Gasteiger partial charge is 0.493 e. The third-order valence-electron chi connectivity index (χ3n) is 5.14. The van der Waals surface area contributed by atoms with Crippen molar-refractivity contribution in [1.82, 2.24) is 15.8 Å². The van der Waals surface area contributed by atoms with Gasteiger partial charge in [0.15, 0.2) is 18.1 Å². The van der Waals surface area contributed by atoms with Crippen LogP contribution in [0.3, 0.4) is 0 Å². The van der Waals surface area contributed by atoms with Crippen LogP contribution >= 0.6 is 0 Å². The number of methoxy groups -OCH3 is 1. The normalized spacial score (nSPS) is 17.5. The van der Waals surface area contributed by atoms with Crippen LogP contribution in [0.15, 0.2) is 18.2 Å². The molecule has 10 heteroatoms. The Bertz CT molecular complexity index is 849. The van der Waals surface area contributed by atoms with E-state index in [1.54, 1.807) is 6.07 Å². The highest BCUT2D eigenvalue weighted by Crippen LogP contribution is 2.33. The zero-order valence-corrected chi connectivity index (χ0v) is 17.0. The van der Waals surface area contributed by atoms with Gasteiger partial charge in [0.2, 0.25) is 0 Å². The van der Waals surface area contributed by atoms with E-state index in [9.17, 15) is 19.2 Å². The zero-order chi connectivity index (χ0) is 21.7. The molecule has 1 spiro atoms. The SMILES string of the molecule is CCOc1ccc(C(=O)OCC(=O)NN2C(=O)NC3(CCCCC3)C2=O)cc1OC. The topological polar surface area (TPSA) is 123 Å². The summed E-state index contributed by atoms with van der Waals surface area (Å²) >= 11 is 0. The van der Waals surface area contributed by atoms with Crippen LogP contribution < -0.4 is 20.2 Å². The van der Waals surface area contributed by atoms with Crippen LogP contribution in [-0.4, -0.2) is 54.7 Å². The summed E-state index contributed by atoms with van der Waals surface area (Å²) in [6.07, 6.45) is 3.74. The molecule has 0 aromatic heterocycles. The number of imide groups is 1. The van der Waals surface area contributed by atoms with Gasteiger partial charge in [-0.2, -0.15) is 5.01 Å². The molecule has 10 nitrogen and oxygen atoms in total. The van der Waals surface area contributed by atoms with Crippen LogP contribution in [0.1, 0.15) is 49.4 Å². The molecular weight excluding hydrogens is 394 g/mol. The molecule has 3 rings (SSSR count). The van der Waals surface area contributed by atoms with Gasteiger partial charge in [-0.3, -0.25) is 15.0 Å². The van der Waals surface area contributed by atoms with Crippen molar-refractivity contribution >= 4 is 23.8 Å². The molecule has 1 aromatic rings. The van der Waals surface area contributed by atoms with Crippen molar-refractivity contribution in [2.75, 3.05) is 20.3 Å². The number of urea groups is 1. The molecule has 2 fully saturated rings. The second kappa shape index (κ2) is 9.02. The maximum Gasteiger partial charge on any atom is 0.344 e. The summed E-state index contributed by atoms with van der Waals surface area (Å²) in [5.41, 5.74) is 1.44. The third-order valence-corrected chi connectivity index (χ3v) is 5.14. The number of ether oxygens (including phenoxy) is 3. The van der Waals surface area contributed by atoms with Crippen LogP contribution in [0.5, 0.6) is 11.5 Å². The van der Waals surface area contributed by atoms with E-state index in [4.69, 9.17) is 14.2 Å². The van der Waals surface area contributed by atoms with Gasteiger partial charge in [-0.25, -0.2) is 9.59 Å². The average molecular weight is 419 g/mol. The maximum absolute atomic E-state index is 12.6. The molecule has 1 aromatic carbocycles. The highest BCUT2D eigenvalue weighted by atomic mass is 16.5. The first kappa shape index (κ1) is 21.4. The first-order valence-electron chi connectivity index (χ1n) is 9.84. The van der Waals surface area contributed by atoms with E-state index < -0.39 is 36.0 Å². The Morgan fingerprint density at radius 3 is 2.57 bits per heavy atom. The quantitative estimate of drug-likeness (QED) is 0.507. The number of rotatable bonds is 7. The van der Waals surface area contributed by atoms with Crippen molar-refractivity contribution in [3.63, 3.8) is 0 Å². The first-order valence-corrected chi connectivity index (χ1v) is 9.84. The zero-order valence-electron chi connectivity index (χ0n) is 17.0. The standard InChI is InChI=1S/C20H25N3O7/c1-3-29-14-8-7-13(11-15(14)28-2)17(25)30-12-16(24)22-23-18(26)20(21-19(23)27)9-5-4-6-10-20/h7-8,11H,3-6,9-10,12H2,1-2H3,(H,21,27)(H,22,24). The minimum Gasteiger partial charge on any atom is -0.493 e. The second-order valence-electron chi connectivity index (χ2n) is 7.12. The van der Waals surface area contributed by atoms with Crippen molar-refractivity contribution < 1.29 is 33.4 Å². The first-order chi connectivity index (χ1) is 14.4. The lowest BCUT2D eigenvalue weighted by molar-refractivity contribution is -0.140. The molecule has 0 atom stereocenters. The van der Waals surface area contributed by atoms with Crippen molar-refractivity contribution in [1.29, 1.82) is 0 Å². The number of carbonyl (C=O) groups is 4. The lowest BCUT2D eigenvalue weighted by Gasteiger charge is -2.30. The third kappa shape index (κ3) is 4.32. The molecular formula is C20H25N3O7. The minimum atomic E-state index is -0.946. The van der Waals surface area contributed by atoms with Gasteiger partial charge < -0.3 is 19.5 Å². The van der Waals surface area contributed by atoms with Gasteiger partial charge in [0.25, 0.3) is 11.8 Å². The summed E-state index contributed by atoms with van der Waals surface area (Å²) in [4.78, 5) is 49.2. The van der Waals surface area contributed by atoms with E-state index >= 15 is 0 Å². The molecule has 2 aliphatic rings. The molecule has 1 saturated heterocycles. The van der Waals surface area contributed by atoms with Crippen LogP contribution in [0.2, 0.25) is 0 Å². The molecule has 0 radical (unpaired) electrons. The lowest BCUT2D eigenvalue weighted by Crippen LogP contribution is -2.51. The lowest BCUT2D eigenvalue weighted by atomic mass is 9.82. The Labute approximate surface area is 173 Å². The van der Waals surface area contributed by atoms with Gasteiger partial charge in [0, 0.05) is 0 Å². The van der Waals surface area contributed by atoms with Crippen molar-refractivity contribution in [3.05, 3.63) is 23.8 Å². The molecule has 2 N–H and O–H groups in total. The molecule has 4 amide bonds. The van der Waals surface area contributed by atoms with Crippen molar-refractivity contribution in [3.8, 4) is 11.5 Å². The number of benzene rings is 1. The Kier molecular flexibility index (Phi) is 6.43. The second-order valence-corrected chi connectivity index (χ2v) is 7.12. The molecule has 0 bridgehead atoms. The van der Waals surface area contributed by atoms with Gasteiger partial charge in [0.1, 0.15) is 5.54 Å². The monoisotopic (exact) mass is 419 g/mol. The van der Waals surface area contributed by atoms with E-state index in [0.717, 1.165) is 19.3 Å². The Hall–Kier alpha value is -3.30. The molecule has 1 saturated carbocycles. The summed E-state index contributed by atoms with van der Waals surface area (Å²) in [5, 5.41) is 3.35. The van der Waals surface area contributed by atoms with Gasteiger partial charge in [0.05, 0.1) is 19.3 Å². The number of amides is 4. The van der Waals surface area contributed by atoms with Gasteiger partial charge >= 0.3 is 12.0 Å². The average Bonchev–Trinajstić information content (AvgIpc) is 2.96. The molecule has 0 unspecified atom stereocenters. The number of nitrogens with one attached hydrogen (secondary N) is 2. The van der Waals surface area contributed by atoms with Gasteiger partial charge in [-0.1, -0.05) is 19.3 Å². The molecule has 162 valence electrons. The van der Waals surface area contributed by atoms with E-state index in [2.05, 4.69) is 10.7 Å². The van der Waals surface area contributed by atoms with Crippen molar-refractivity contribution in [2.24, 2.45) is 0 Å². The number of hydrazine groups is 1. The fraction of sp³-hybridized carbons (Fsp3) is 0.500. The van der Waals surface area contributed by atoms with Gasteiger partial charge in [-0.15, -0.1) is 0 Å². The molecule has 30 heavy (non-hydrogen) atoms. The predicted molar refractivity (Wildman–Crippen MR) is 104 cm³/mol. The summed E-state index contributed by atoms with van der Waals surface area (Å²) < 4.78 is 15.6. The molecule has 1 heterocycles. The van der Waals surface area contributed by atoms with E-state index in [-0.39, 0.29) is 5.56 Å². The van der Waals surface area contributed by atoms with Crippen LogP contribution in [0, 0.1) is 0 Å². The summed E-state index contributed by atoms with van der Waals surface area (Å²) in [5.74, 6) is -1.20. The molecule has 1 aliphatic carbocycles. The number of hydrogen-bond acceptors (Lipinski definition) is 7. The van der Waals surface area contributed by atoms with E-state index in [1.165, 1.54) is 19.2 Å². The Morgan fingerprint density at radius 2 is 1.90 bits per heavy atom. The summed E-state index contributed by atoms with van der Waals surface area (Å²) in [7, 11) is 1.44. The Balaban J connectivity index is 1.56. The predicted octanol–water partition coefficient (Wildman–Crippen LogP) is 1.54. The summed E-state index contributed by atoms with van der Waals surface area (Å²) in [6.45, 7) is 1.60. The van der Waals surface area contributed by atoms with Crippen LogP contribution in [0.25, 0.3) is 0 Å². The summed E-state index contributed by atoms with van der Waals surface area (Å²) in [6, 6.07) is 3.81. The number of nitrogens with zero attached hydrogens (tertiary/aromatic N) is 1. The number of carbonyl (C=O) groups excluding carboxylic acids is 4. The fourth-order valence-corrected chi connectivity index (χ4v) is 3.66. The Morgan fingerprint density at radius 1 is 1.17 bits per heavy atom. The number of esters is 1.